The van der Waals surface area contributed by atoms with Crippen molar-refractivity contribution in [2.75, 3.05) is 64.1 Å². The smallest absolute Gasteiger partial charge is 0.274 e. The van der Waals surface area contributed by atoms with Gasteiger partial charge in [0, 0.05) is 75.5 Å². The van der Waals surface area contributed by atoms with Crippen molar-refractivity contribution in [3.63, 3.8) is 0 Å². The van der Waals surface area contributed by atoms with Crippen LogP contribution in [-0.4, -0.2) is 196 Å². The lowest BCUT2D eigenvalue weighted by Crippen LogP contribution is -2.46. The van der Waals surface area contributed by atoms with Gasteiger partial charge in [-0.05, 0) is 60.5 Å². The third-order valence-corrected chi connectivity index (χ3v) is 25.1. The number of nitrogens with two attached hydrogens (primary N) is 2. The molecule has 0 bridgehead atoms. The van der Waals surface area contributed by atoms with Crippen LogP contribution in [-0.2, 0) is 114 Å². The summed E-state index contributed by atoms with van der Waals surface area (Å²) in [5.41, 5.74) is 9.62. The van der Waals surface area contributed by atoms with Crippen molar-refractivity contribution in [2.24, 2.45) is 21.7 Å². The molecule has 0 spiro atoms. The van der Waals surface area contributed by atoms with Gasteiger partial charge in [0.15, 0.2) is 35.4 Å². The van der Waals surface area contributed by atoms with Gasteiger partial charge in [-0.3, -0.25) is 56.2 Å². The number of phosphoric acid groups is 6. The number of Topliss-reactive ketones (excluding diaryl/α,β-unsaturated/α-hetero) is 2. The second-order valence-electron chi connectivity index (χ2n) is 31.5. The number of nitrogen functional groups attached to an aromatic ring is 2. The van der Waals surface area contributed by atoms with Gasteiger partial charge < -0.3 is 138 Å². The van der Waals surface area contributed by atoms with Gasteiger partial charge >= 0.3 is 0 Å². The number of benzene rings is 1. The SMILES string of the molecule is CC(C)(CCCCc1cccc(CCCCC(C)(C)CC(=O)CCNC(=O)CCNC(=O)C(O)C(C)(C)COP(=O)([O-])OP(=O)([O-])OCC2OC(n3cnc4c(N)ncnc43)C(O)C2OP(=O)([O-])[O-])c1)CC(=O)CCNC(=O)CCNC(=O)C(O)C(C)(C)COP(=O)([O-])OP(=O)([O-])OCC1OC(n2cnc3c(N)ncnc32)C(O)C1OP(=O)([O-])[O-]. The van der Waals surface area contributed by atoms with E-state index >= 15 is 0 Å². The molecule has 4 amide bonds. The van der Waals surface area contributed by atoms with Gasteiger partial charge in [-0.1, -0.05) is 92.5 Å². The van der Waals surface area contributed by atoms with Crippen LogP contribution in [0.25, 0.3) is 22.3 Å². The maximum Gasteiger partial charge on any atom is 0.274 e. The minimum atomic E-state index is -5.99. The molecular formula is C66H98N14O34P6-8. The van der Waals surface area contributed by atoms with E-state index < -0.39 is 169 Å². The van der Waals surface area contributed by atoms with Crippen LogP contribution in [0, 0.1) is 21.7 Å². The minimum absolute atomic E-state index is 0.0104. The molecule has 4 aromatic heterocycles. The molecule has 0 saturated carbocycles. The van der Waals surface area contributed by atoms with Crippen molar-refractivity contribution in [3.05, 3.63) is 60.7 Å². The van der Waals surface area contributed by atoms with E-state index in [1.165, 1.54) is 38.8 Å². The van der Waals surface area contributed by atoms with E-state index in [9.17, 15) is 116 Å². The lowest BCUT2D eigenvalue weighted by atomic mass is 9.81. The number of fused-ring (bicyclic) bond motifs is 2. The van der Waals surface area contributed by atoms with E-state index in [2.05, 4.69) is 105 Å². The number of rotatable bonds is 52. The number of aliphatic hydroxyl groups is 4. The molecule has 2 saturated heterocycles. The highest BCUT2D eigenvalue weighted by Crippen LogP contribution is 2.58. The first-order chi connectivity index (χ1) is 55.6. The molecule has 2 aliphatic heterocycles. The molecule has 2 aliphatic rings. The number of nitrogens with zero attached hydrogens (tertiary/aromatic N) is 8. The second kappa shape index (κ2) is 42.6. The number of aryl methyl sites for hydroxylation is 2. The van der Waals surface area contributed by atoms with Crippen molar-refractivity contribution in [2.45, 2.75) is 207 Å². The van der Waals surface area contributed by atoms with Crippen LogP contribution >= 0.6 is 46.9 Å². The lowest BCUT2D eigenvalue weighted by molar-refractivity contribution is -0.348. The van der Waals surface area contributed by atoms with Gasteiger partial charge in [0.2, 0.25) is 23.6 Å². The van der Waals surface area contributed by atoms with Crippen LogP contribution in [0.15, 0.2) is 49.6 Å². The highest BCUT2D eigenvalue weighted by Gasteiger charge is 2.50. The molecule has 14 atom stereocenters. The second-order valence-corrected chi connectivity index (χ2v) is 39.6. The zero-order valence-corrected chi connectivity index (χ0v) is 71.8. The predicted octanol–water partition coefficient (Wildman–Crippen LogP) is -2.36. The van der Waals surface area contributed by atoms with E-state index in [1.807, 2.05) is 33.8 Å². The van der Waals surface area contributed by atoms with E-state index in [1.54, 1.807) is 0 Å². The summed E-state index contributed by atoms with van der Waals surface area (Å²) >= 11 is 0. The number of phosphoric ester groups is 6. The van der Waals surface area contributed by atoms with E-state index in [-0.39, 0.29) is 121 Å². The van der Waals surface area contributed by atoms with E-state index in [4.69, 9.17) is 20.9 Å². The van der Waals surface area contributed by atoms with Gasteiger partial charge in [0.25, 0.3) is 31.3 Å². The lowest BCUT2D eigenvalue weighted by Gasteiger charge is -2.36. The molecule has 2 fully saturated rings. The van der Waals surface area contributed by atoms with E-state index in [0.717, 1.165) is 85.8 Å². The number of aromatic nitrogens is 8. The zero-order chi connectivity index (χ0) is 89.4. The highest BCUT2D eigenvalue weighted by atomic mass is 31.3. The van der Waals surface area contributed by atoms with Gasteiger partial charge in [-0.15, -0.1) is 0 Å². The molecule has 12 N–H and O–H groups in total. The number of hydrogen-bond acceptors (Lipinski definition) is 42. The predicted molar refractivity (Wildman–Crippen MR) is 399 cm³/mol. The third-order valence-electron chi connectivity index (χ3n) is 19.0. The fourth-order valence-corrected chi connectivity index (χ4v) is 18.2. The average molecular weight is 1820 g/mol. The molecule has 0 aliphatic carbocycles. The number of hydrogen-bond donors (Lipinski definition) is 10. The van der Waals surface area contributed by atoms with Gasteiger partial charge in [-0.2, -0.15) is 0 Å². The molecule has 674 valence electrons. The molecular weight excluding hydrogens is 1720 g/mol. The highest BCUT2D eigenvalue weighted by molar-refractivity contribution is 7.60. The maximum absolute atomic E-state index is 13.0. The molecule has 120 heavy (non-hydrogen) atoms. The number of amides is 4. The van der Waals surface area contributed by atoms with Crippen molar-refractivity contribution in [3.8, 4) is 0 Å². The van der Waals surface area contributed by atoms with Gasteiger partial charge in [-0.25, -0.2) is 38.5 Å². The largest absolute Gasteiger partial charge is 0.790 e. The Hall–Kier alpha value is -6.36. The van der Waals surface area contributed by atoms with Crippen LogP contribution in [0.3, 0.4) is 0 Å². The molecule has 54 heteroatoms. The number of carbonyl (C=O) groups is 6. The van der Waals surface area contributed by atoms with Crippen molar-refractivity contribution in [1.29, 1.82) is 0 Å². The first-order valence-corrected chi connectivity index (χ1v) is 46.1. The van der Waals surface area contributed by atoms with Crippen molar-refractivity contribution in [1.82, 2.24) is 60.3 Å². The number of anilines is 2. The fraction of sp³-hybridized carbons (Fsp3) is 0.667. The van der Waals surface area contributed by atoms with Crippen LogP contribution in [0.2, 0.25) is 0 Å². The Morgan fingerprint density at radius 1 is 0.508 bits per heavy atom. The van der Waals surface area contributed by atoms with E-state index in [0.29, 0.717) is 0 Å². The molecule has 14 unspecified atom stereocenters. The molecule has 7 rings (SSSR count). The Morgan fingerprint density at radius 2 is 0.858 bits per heavy atom. The van der Waals surface area contributed by atoms with Crippen molar-refractivity contribution < 1.29 is 161 Å². The number of ether oxygens (including phenoxy) is 2. The Balaban J connectivity index is 0.695. The summed E-state index contributed by atoms with van der Waals surface area (Å²) in [7, 11) is -35.6. The number of imidazole rings is 2. The average Bonchev–Trinajstić information content (AvgIpc) is 1.62. The molecule has 0 radical (unpaired) electrons. The molecule has 1 aromatic carbocycles. The van der Waals surface area contributed by atoms with Gasteiger partial charge in [0.1, 0.15) is 84.1 Å². The number of carbonyl (C=O) groups excluding carboxylic acids is 6. The summed E-state index contributed by atoms with van der Waals surface area (Å²) in [5.74, 6) is -3.58. The molecule has 48 nitrogen and oxygen atoms in total. The summed E-state index contributed by atoms with van der Waals surface area (Å²) in [4.78, 5) is 197. The van der Waals surface area contributed by atoms with Crippen LogP contribution in [0.1, 0.15) is 156 Å². The minimum Gasteiger partial charge on any atom is -0.790 e. The van der Waals surface area contributed by atoms with Crippen molar-refractivity contribution >= 4 is 116 Å². The number of nitrogens with one attached hydrogen (secondary N) is 4. The molecule has 6 heterocycles. The Morgan fingerprint density at radius 3 is 1.22 bits per heavy atom. The molecule has 5 aromatic rings. The summed E-state index contributed by atoms with van der Waals surface area (Å²) in [6.07, 6.45) is -8.74. The summed E-state index contributed by atoms with van der Waals surface area (Å²) in [6, 6.07) is 8.30. The topological polar surface area (TPSA) is 750 Å². The standard InChI is InChI=1S/C66H106N14O34P6/c1-63(2,29-41(81)18-24-69-45(83)20-26-71-59(89)53(87)65(5,6)33-107-119(101,102)113-117(97,98)105-31-43-51(111-115(91,92)93)49(85)61(109-43)79-37-77-47-55(67)73-35-75-57(47)79)22-11-9-14-39-16-13-17-40(28-39)15-10-12-23-64(3,4)30-42(82)19-25-70-46(84)21-27-72-60(90)54(88)66(7,8)34-108-120(103,104)114-118(99,100)106-32-44-52(112-116(94,95)96)50(86)62(110-44)80-38-78-48-56(68)74-36-76-58(48)80/h13,16-17,28,35-38,43-44,49-54,61-62,85-88H,9-12,14-15,18-27,29-34H2,1-8H3,(H,69,83)(H,70,84)(H,71,89)(H,72,90)(H,97,98)(H,99,100)(H,101,102)(H,103,104)(H2,67,73,75)(H2,68,74,76)(H2,91,92,93)(H2,94,95,96)/p-8. The van der Waals surface area contributed by atoms with Crippen LogP contribution in [0.4, 0.5) is 11.6 Å². The first kappa shape index (κ1) is 101. The normalized spacial score (nSPS) is 21.4. The fourth-order valence-electron chi connectivity index (χ4n) is 12.7. The van der Waals surface area contributed by atoms with Gasteiger partial charge in [0.05, 0.1) is 54.7 Å². The third kappa shape index (κ3) is 31.7. The Labute approximate surface area is 687 Å². The quantitative estimate of drug-likeness (QED) is 0.0144. The van der Waals surface area contributed by atoms with Crippen LogP contribution < -0.4 is 71.9 Å². The summed E-state index contributed by atoms with van der Waals surface area (Å²) in [6.45, 7) is 7.35. The van der Waals surface area contributed by atoms with Crippen LogP contribution in [0.5, 0.6) is 0 Å². The first-order valence-electron chi connectivity index (χ1n) is 37.3. The Kier molecular flexibility index (Phi) is 35.7. The summed E-state index contributed by atoms with van der Waals surface area (Å²) < 4.78 is 123. The Bertz CT molecular complexity index is 4400. The monoisotopic (exact) mass is 1820 g/mol. The summed E-state index contributed by atoms with van der Waals surface area (Å²) in [5, 5.41) is 53.2. The maximum atomic E-state index is 13.0. The number of ketones is 2. The zero-order valence-electron chi connectivity index (χ0n) is 66.4. The number of aliphatic hydroxyl groups excluding tert-OH is 4. The number of unbranched alkanes of at least 4 members (excludes halogenated alkanes) is 2.